The molecule has 1 atom stereocenters. The fraction of sp³-hybridized carbons (Fsp3) is 0.933. The quantitative estimate of drug-likeness (QED) is 0.801. The monoisotopic (exact) mass is 284 g/mol. The number of hydrogen-bond donors (Lipinski definition) is 1. The van der Waals surface area contributed by atoms with Crippen LogP contribution in [0.1, 0.15) is 47.0 Å². The van der Waals surface area contributed by atoms with E-state index in [0.29, 0.717) is 19.1 Å². The van der Waals surface area contributed by atoms with Gasteiger partial charge in [-0.3, -0.25) is 0 Å². The summed E-state index contributed by atoms with van der Waals surface area (Å²) in [4.78, 5) is 13.9. The number of hydrogen-bond acceptors (Lipinski definition) is 4. The molecule has 2 fully saturated rings. The van der Waals surface area contributed by atoms with E-state index < -0.39 is 5.60 Å². The molecular weight excluding hydrogens is 256 g/mol. The van der Waals surface area contributed by atoms with E-state index in [2.05, 4.69) is 12.2 Å². The Morgan fingerprint density at radius 1 is 1.40 bits per heavy atom. The molecule has 0 bridgehead atoms. The molecule has 1 N–H and O–H groups in total. The highest BCUT2D eigenvalue weighted by Gasteiger charge is 2.44. The highest BCUT2D eigenvalue weighted by Crippen LogP contribution is 2.33. The lowest BCUT2D eigenvalue weighted by atomic mass is 9.82. The zero-order chi connectivity index (χ0) is 14.8. The normalized spacial score (nSPS) is 26.6. The number of morpholine rings is 1. The number of nitrogens with one attached hydrogen (secondary N) is 1. The Kier molecular flexibility index (Phi) is 4.59. The molecule has 2 rings (SSSR count). The molecule has 0 aromatic carbocycles. The van der Waals surface area contributed by atoms with Crippen LogP contribution < -0.4 is 5.32 Å². The van der Waals surface area contributed by atoms with Gasteiger partial charge in [-0.15, -0.1) is 0 Å². The average molecular weight is 284 g/mol. The Hall–Kier alpha value is -0.810. The minimum absolute atomic E-state index is 0.0918. The summed E-state index contributed by atoms with van der Waals surface area (Å²) in [5.41, 5.74) is -0.521. The third-order valence-corrected chi connectivity index (χ3v) is 4.19. The van der Waals surface area contributed by atoms with E-state index >= 15 is 0 Å². The molecule has 1 amide bonds. The number of amides is 1. The van der Waals surface area contributed by atoms with Crippen LogP contribution in [0.4, 0.5) is 4.79 Å². The van der Waals surface area contributed by atoms with Crippen LogP contribution in [0.25, 0.3) is 0 Å². The van der Waals surface area contributed by atoms with Crippen molar-refractivity contribution in [3.8, 4) is 0 Å². The van der Waals surface area contributed by atoms with Gasteiger partial charge in [0.25, 0.3) is 0 Å². The SMILES string of the molecule is CCC1NCCOC12CCN(C(=O)OC(C)(C)C)CC2. The molecule has 1 spiro atoms. The van der Waals surface area contributed by atoms with Gasteiger partial charge in [0, 0.05) is 25.7 Å². The van der Waals surface area contributed by atoms with Crippen LogP contribution in [0.3, 0.4) is 0 Å². The van der Waals surface area contributed by atoms with E-state index in [4.69, 9.17) is 9.47 Å². The molecule has 1 unspecified atom stereocenters. The molecule has 2 aliphatic heterocycles. The van der Waals surface area contributed by atoms with Gasteiger partial charge < -0.3 is 19.7 Å². The van der Waals surface area contributed by atoms with Gasteiger partial charge in [-0.1, -0.05) is 6.92 Å². The van der Waals surface area contributed by atoms with Crippen LogP contribution >= 0.6 is 0 Å². The molecule has 20 heavy (non-hydrogen) atoms. The number of likely N-dealkylation sites (tertiary alicyclic amines) is 1. The second-order valence-corrected chi connectivity index (χ2v) is 6.80. The van der Waals surface area contributed by atoms with Crippen molar-refractivity contribution in [2.24, 2.45) is 0 Å². The molecule has 2 heterocycles. The van der Waals surface area contributed by atoms with Crippen LogP contribution in [-0.2, 0) is 9.47 Å². The lowest BCUT2D eigenvalue weighted by molar-refractivity contribution is -0.127. The number of carbonyl (C=O) groups excluding carboxylic acids is 1. The number of carbonyl (C=O) groups is 1. The van der Waals surface area contributed by atoms with Gasteiger partial charge in [-0.25, -0.2) is 4.79 Å². The Balaban J connectivity index is 1.92. The van der Waals surface area contributed by atoms with E-state index in [1.807, 2.05) is 20.8 Å². The standard InChI is InChI=1S/C15H28N2O3/c1-5-12-15(19-11-8-16-12)6-9-17(10-7-15)13(18)20-14(2,3)4/h12,16H,5-11H2,1-4H3. The van der Waals surface area contributed by atoms with E-state index in [1.165, 1.54) is 0 Å². The van der Waals surface area contributed by atoms with Crippen LogP contribution in [0, 0.1) is 0 Å². The fourth-order valence-electron chi connectivity index (χ4n) is 3.18. The smallest absolute Gasteiger partial charge is 0.410 e. The predicted molar refractivity (Wildman–Crippen MR) is 77.8 cm³/mol. The highest BCUT2D eigenvalue weighted by atomic mass is 16.6. The summed E-state index contributed by atoms with van der Waals surface area (Å²) in [5.74, 6) is 0. The number of nitrogens with zero attached hydrogens (tertiary/aromatic N) is 1. The lowest BCUT2D eigenvalue weighted by Crippen LogP contribution is -2.62. The van der Waals surface area contributed by atoms with E-state index in [0.717, 1.165) is 32.4 Å². The van der Waals surface area contributed by atoms with Crippen molar-refractivity contribution in [1.29, 1.82) is 0 Å². The van der Waals surface area contributed by atoms with Crippen molar-refractivity contribution in [2.45, 2.75) is 64.2 Å². The molecule has 5 nitrogen and oxygen atoms in total. The molecule has 116 valence electrons. The van der Waals surface area contributed by atoms with E-state index in [1.54, 1.807) is 4.90 Å². The van der Waals surface area contributed by atoms with Gasteiger partial charge in [-0.05, 0) is 40.0 Å². The maximum absolute atomic E-state index is 12.1. The molecule has 0 aliphatic carbocycles. The Morgan fingerprint density at radius 3 is 2.60 bits per heavy atom. The predicted octanol–water partition coefficient (Wildman–Crippen LogP) is 2.15. The maximum Gasteiger partial charge on any atom is 0.410 e. The van der Waals surface area contributed by atoms with Gasteiger partial charge in [0.2, 0.25) is 0 Å². The first-order valence-electron chi connectivity index (χ1n) is 7.71. The Bertz CT molecular complexity index is 344. The third kappa shape index (κ3) is 3.44. The van der Waals surface area contributed by atoms with Gasteiger partial charge in [0.1, 0.15) is 5.60 Å². The van der Waals surface area contributed by atoms with Crippen LogP contribution in [0.2, 0.25) is 0 Å². The van der Waals surface area contributed by atoms with Crippen LogP contribution in [0.5, 0.6) is 0 Å². The molecular formula is C15H28N2O3. The molecule has 0 aromatic rings. The van der Waals surface area contributed by atoms with Crippen molar-refractivity contribution in [2.75, 3.05) is 26.2 Å². The zero-order valence-corrected chi connectivity index (χ0v) is 13.2. The molecule has 0 aromatic heterocycles. The first kappa shape index (κ1) is 15.6. The Labute approximate surface area is 122 Å². The van der Waals surface area contributed by atoms with Gasteiger partial charge >= 0.3 is 6.09 Å². The largest absolute Gasteiger partial charge is 0.444 e. The number of piperidine rings is 1. The van der Waals surface area contributed by atoms with Crippen LogP contribution in [-0.4, -0.2) is 54.5 Å². The first-order chi connectivity index (χ1) is 9.36. The molecule has 5 heteroatoms. The molecule has 0 saturated carbocycles. The van der Waals surface area contributed by atoms with Crippen molar-refractivity contribution in [1.82, 2.24) is 10.2 Å². The molecule has 2 saturated heterocycles. The van der Waals surface area contributed by atoms with Crippen molar-refractivity contribution in [3.63, 3.8) is 0 Å². The summed E-state index contributed by atoms with van der Waals surface area (Å²) in [7, 11) is 0. The lowest BCUT2D eigenvalue weighted by Gasteiger charge is -2.48. The van der Waals surface area contributed by atoms with Crippen LogP contribution in [0.15, 0.2) is 0 Å². The van der Waals surface area contributed by atoms with Gasteiger partial charge in [0.05, 0.1) is 12.2 Å². The summed E-state index contributed by atoms with van der Waals surface area (Å²) in [5, 5.41) is 3.55. The van der Waals surface area contributed by atoms with Gasteiger partial charge in [0.15, 0.2) is 0 Å². The fourth-order valence-corrected chi connectivity index (χ4v) is 3.18. The summed E-state index contributed by atoms with van der Waals surface area (Å²) in [6.45, 7) is 11.0. The number of rotatable bonds is 1. The summed E-state index contributed by atoms with van der Waals surface area (Å²) in [6, 6.07) is 0.400. The van der Waals surface area contributed by atoms with E-state index in [9.17, 15) is 4.79 Å². The van der Waals surface area contributed by atoms with Gasteiger partial charge in [-0.2, -0.15) is 0 Å². The van der Waals surface area contributed by atoms with Crippen molar-refractivity contribution in [3.05, 3.63) is 0 Å². The minimum Gasteiger partial charge on any atom is -0.444 e. The van der Waals surface area contributed by atoms with E-state index in [-0.39, 0.29) is 11.7 Å². The maximum atomic E-state index is 12.1. The topological polar surface area (TPSA) is 50.8 Å². The summed E-state index contributed by atoms with van der Waals surface area (Å²) in [6.07, 6.45) is 2.63. The Morgan fingerprint density at radius 2 is 2.05 bits per heavy atom. The second kappa shape index (κ2) is 5.90. The van der Waals surface area contributed by atoms with Crippen molar-refractivity contribution >= 4 is 6.09 Å². The summed E-state index contributed by atoms with van der Waals surface area (Å²) < 4.78 is 11.5. The zero-order valence-electron chi connectivity index (χ0n) is 13.2. The molecule has 2 aliphatic rings. The van der Waals surface area contributed by atoms with Crippen molar-refractivity contribution < 1.29 is 14.3 Å². The average Bonchev–Trinajstić information content (AvgIpc) is 2.38. The second-order valence-electron chi connectivity index (χ2n) is 6.80. The number of ether oxygens (including phenoxy) is 2. The highest BCUT2D eigenvalue weighted by molar-refractivity contribution is 5.68. The first-order valence-corrected chi connectivity index (χ1v) is 7.71. The third-order valence-electron chi connectivity index (χ3n) is 4.19. The minimum atomic E-state index is -0.429. The summed E-state index contributed by atoms with van der Waals surface area (Å²) >= 11 is 0. The molecule has 0 radical (unpaired) electrons.